The molecule has 110 valence electrons. The molecule has 20 heavy (non-hydrogen) atoms. The molecule has 1 amide bonds. The fourth-order valence-electron chi connectivity index (χ4n) is 2.43. The molecule has 0 bridgehead atoms. The lowest BCUT2D eigenvalue weighted by molar-refractivity contribution is -0.122. The van der Waals surface area contributed by atoms with Crippen molar-refractivity contribution in [3.8, 4) is 0 Å². The Kier molecular flexibility index (Phi) is 6.01. The van der Waals surface area contributed by atoms with Gasteiger partial charge in [-0.2, -0.15) is 0 Å². The number of rotatable bonds is 6. The number of nitrogens with one attached hydrogen (secondary N) is 1. The van der Waals surface area contributed by atoms with Crippen LogP contribution in [0.4, 0.5) is 0 Å². The normalized spacial score (nSPS) is 14.9. The molecule has 0 unspecified atom stereocenters. The fourth-order valence-corrected chi connectivity index (χ4v) is 2.97. The van der Waals surface area contributed by atoms with E-state index >= 15 is 0 Å². The third-order valence-corrected chi connectivity index (χ3v) is 4.25. The van der Waals surface area contributed by atoms with Gasteiger partial charge in [0.25, 0.3) is 0 Å². The molecule has 0 fully saturated rings. The van der Waals surface area contributed by atoms with Crippen LogP contribution in [0, 0.1) is 0 Å². The summed E-state index contributed by atoms with van der Waals surface area (Å²) in [5, 5.41) is 2.93. The van der Waals surface area contributed by atoms with Gasteiger partial charge in [0.15, 0.2) is 0 Å². The Morgan fingerprint density at radius 1 is 1.50 bits per heavy atom. The predicted octanol–water partition coefficient (Wildman–Crippen LogP) is 1.96. The van der Waals surface area contributed by atoms with Gasteiger partial charge in [0.2, 0.25) is 5.91 Å². The van der Waals surface area contributed by atoms with Crippen LogP contribution < -0.4 is 5.32 Å². The lowest BCUT2D eigenvalue weighted by atomic mass is 10.00. The molecule has 1 aliphatic rings. The number of nitrogens with zero attached hydrogens (tertiary/aromatic N) is 1. The number of hydrogen-bond donors (Lipinski definition) is 1. The van der Waals surface area contributed by atoms with E-state index in [9.17, 15) is 4.79 Å². The highest BCUT2D eigenvalue weighted by Crippen LogP contribution is 2.26. The molecular weight excluding hydrogens is 320 g/mol. The van der Waals surface area contributed by atoms with Gasteiger partial charge in [-0.1, -0.05) is 28.1 Å². The maximum atomic E-state index is 11.9. The van der Waals surface area contributed by atoms with Crippen molar-refractivity contribution in [1.82, 2.24) is 10.2 Å². The first-order valence-corrected chi connectivity index (χ1v) is 7.74. The van der Waals surface area contributed by atoms with Crippen LogP contribution in [-0.2, 0) is 22.5 Å². The van der Waals surface area contributed by atoms with Crippen molar-refractivity contribution in [3.05, 3.63) is 33.8 Å². The number of carbonyl (C=O) groups excluding carboxylic acids is 1. The first kappa shape index (κ1) is 15.5. The van der Waals surface area contributed by atoms with Gasteiger partial charge in [-0.3, -0.25) is 9.69 Å². The summed E-state index contributed by atoms with van der Waals surface area (Å²) in [4.78, 5) is 14.1. The Bertz CT molecular complexity index is 465. The minimum atomic E-state index is 0.0941. The topological polar surface area (TPSA) is 41.6 Å². The molecule has 0 saturated carbocycles. The number of amides is 1. The minimum absolute atomic E-state index is 0.0941. The zero-order chi connectivity index (χ0) is 14.4. The summed E-state index contributed by atoms with van der Waals surface area (Å²) in [7, 11) is 1.67. The molecule has 1 N–H and O–H groups in total. The molecule has 0 aromatic heterocycles. The van der Waals surface area contributed by atoms with Crippen molar-refractivity contribution >= 4 is 21.8 Å². The van der Waals surface area contributed by atoms with Gasteiger partial charge in [0.05, 0.1) is 6.54 Å². The van der Waals surface area contributed by atoms with Crippen LogP contribution in [0.2, 0.25) is 0 Å². The summed E-state index contributed by atoms with van der Waals surface area (Å²) in [5.41, 5.74) is 2.70. The first-order chi connectivity index (χ1) is 9.70. The van der Waals surface area contributed by atoms with Crippen molar-refractivity contribution in [1.29, 1.82) is 0 Å². The molecule has 0 aliphatic carbocycles. The maximum absolute atomic E-state index is 11.9. The summed E-state index contributed by atoms with van der Waals surface area (Å²) in [6.45, 7) is 3.61. The molecule has 4 nitrogen and oxygen atoms in total. The fraction of sp³-hybridized carbons (Fsp3) is 0.533. The van der Waals surface area contributed by atoms with Crippen molar-refractivity contribution in [2.24, 2.45) is 0 Å². The highest BCUT2D eigenvalue weighted by molar-refractivity contribution is 9.10. The van der Waals surface area contributed by atoms with E-state index in [0.717, 1.165) is 30.4 Å². The molecule has 1 aromatic carbocycles. The molecule has 1 aromatic rings. The first-order valence-electron chi connectivity index (χ1n) is 6.95. The SMILES string of the molecule is COCCCNC(=O)CN1CCc2cccc(Br)c2C1. The second kappa shape index (κ2) is 7.76. The largest absolute Gasteiger partial charge is 0.385 e. The van der Waals surface area contributed by atoms with Crippen molar-refractivity contribution in [2.45, 2.75) is 19.4 Å². The van der Waals surface area contributed by atoms with Gasteiger partial charge in [-0.05, 0) is 30.0 Å². The second-order valence-corrected chi connectivity index (χ2v) is 5.89. The number of halogens is 1. The van der Waals surface area contributed by atoms with E-state index in [1.807, 2.05) is 0 Å². The van der Waals surface area contributed by atoms with Gasteiger partial charge < -0.3 is 10.1 Å². The Balaban J connectivity index is 1.81. The van der Waals surface area contributed by atoms with Crippen LogP contribution in [-0.4, -0.2) is 44.2 Å². The molecule has 0 radical (unpaired) electrons. The van der Waals surface area contributed by atoms with Crippen molar-refractivity contribution in [2.75, 3.05) is 33.4 Å². The highest BCUT2D eigenvalue weighted by atomic mass is 79.9. The zero-order valence-electron chi connectivity index (χ0n) is 11.8. The summed E-state index contributed by atoms with van der Waals surface area (Å²) >= 11 is 3.59. The number of fused-ring (bicyclic) bond motifs is 1. The molecular formula is C15H21BrN2O2. The summed E-state index contributed by atoms with van der Waals surface area (Å²) < 4.78 is 6.10. The van der Waals surface area contributed by atoms with Crippen LogP contribution in [0.3, 0.4) is 0 Å². The number of benzene rings is 1. The van der Waals surface area contributed by atoms with E-state index in [1.165, 1.54) is 11.1 Å². The minimum Gasteiger partial charge on any atom is -0.385 e. The second-order valence-electron chi connectivity index (χ2n) is 5.03. The molecule has 1 heterocycles. The average molecular weight is 341 g/mol. The van der Waals surface area contributed by atoms with Crippen LogP contribution in [0.15, 0.2) is 22.7 Å². The highest BCUT2D eigenvalue weighted by Gasteiger charge is 2.19. The molecule has 2 rings (SSSR count). The van der Waals surface area contributed by atoms with Gasteiger partial charge >= 0.3 is 0 Å². The lowest BCUT2D eigenvalue weighted by Crippen LogP contribution is -2.40. The van der Waals surface area contributed by atoms with Gasteiger partial charge in [-0.25, -0.2) is 0 Å². The third-order valence-electron chi connectivity index (χ3n) is 3.51. The molecule has 0 atom stereocenters. The van der Waals surface area contributed by atoms with Crippen LogP contribution in [0.25, 0.3) is 0 Å². The van der Waals surface area contributed by atoms with E-state index in [0.29, 0.717) is 19.7 Å². The zero-order valence-corrected chi connectivity index (χ0v) is 13.4. The summed E-state index contributed by atoms with van der Waals surface area (Å²) in [5.74, 6) is 0.0941. The van der Waals surface area contributed by atoms with Crippen LogP contribution in [0.1, 0.15) is 17.5 Å². The Labute approximate surface area is 128 Å². The lowest BCUT2D eigenvalue weighted by Gasteiger charge is -2.28. The molecule has 5 heteroatoms. The maximum Gasteiger partial charge on any atom is 0.234 e. The number of carbonyl (C=O) groups is 1. The van der Waals surface area contributed by atoms with E-state index in [-0.39, 0.29) is 5.91 Å². The molecule has 0 spiro atoms. The summed E-state index contributed by atoms with van der Waals surface area (Å²) in [6, 6.07) is 6.30. The number of hydrogen-bond acceptors (Lipinski definition) is 3. The van der Waals surface area contributed by atoms with E-state index in [1.54, 1.807) is 7.11 Å². The van der Waals surface area contributed by atoms with Crippen molar-refractivity contribution < 1.29 is 9.53 Å². The Hall–Kier alpha value is -0.910. The third kappa shape index (κ3) is 4.30. The van der Waals surface area contributed by atoms with E-state index in [4.69, 9.17) is 4.74 Å². The Morgan fingerprint density at radius 2 is 2.35 bits per heavy atom. The number of methoxy groups -OCH3 is 1. The molecule has 1 aliphatic heterocycles. The molecule has 0 saturated heterocycles. The van der Waals surface area contributed by atoms with Crippen molar-refractivity contribution in [3.63, 3.8) is 0 Å². The van der Waals surface area contributed by atoms with Crippen LogP contribution >= 0.6 is 15.9 Å². The Morgan fingerprint density at radius 3 is 3.15 bits per heavy atom. The monoisotopic (exact) mass is 340 g/mol. The van der Waals surface area contributed by atoms with Gasteiger partial charge in [-0.15, -0.1) is 0 Å². The smallest absolute Gasteiger partial charge is 0.234 e. The van der Waals surface area contributed by atoms with E-state index < -0.39 is 0 Å². The van der Waals surface area contributed by atoms with Crippen LogP contribution in [0.5, 0.6) is 0 Å². The van der Waals surface area contributed by atoms with Gasteiger partial charge in [0.1, 0.15) is 0 Å². The standard InChI is InChI=1S/C15H21BrN2O2/c1-20-9-3-7-17-15(19)11-18-8-6-12-4-2-5-14(16)13(12)10-18/h2,4-5H,3,6-11H2,1H3,(H,17,19). The number of ether oxygens (including phenoxy) is 1. The summed E-state index contributed by atoms with van der Waals surface area (Å²) in [6.07, 6.45) is 1.86. The quantitative estimate of drug-likeness (QED) is 0.805. The predicted molar refractivity (Wildman–Crippen MR) is 82.6 cm³/mol. The van der Waals surface area contributed by atoms with Gasteiger partial charge in [0, 0.05) is 37.8 Å². The average Bonchev–Trinajstić information content (AvgIpc) is 2.45. The van der Waals surface area contributed by atoms with E-state index in [2.05, 4.69) is 44.3 Å².